The molecule has 5 aromatic rings. The summed E-state index contributed by atoms with van der Waals surface area (Å²) >= 11 is 4.26. The Balaban J connectivity index is 1.53. The first-order chi connectivity index (χ1) is 19.1. The van der Waals surface area contributed by atoms with Crippen LogP contribution in [0.3, 0.4) is 0 Å². The number of allylic oxidation sites excluding steroid dienone is 3. The van der Waals surface area contributed by atoms with E-state index in [2.05, 4.69) is 174 Å². The van der Waals surface area contributed by atoms with E-state index in [1.807, 2.05) is 0 Å². The van der Waals surface area contributed by atoms with Crippen LogP contribution >= 0.6 is 33.9 Å². The summed E-state index contributed by atoms with van der Waals surface area (Å²) in [6.45, 7) is 0. The predicted octanol–water partition coefficient (Wildman–Crippen LogP) is 9.37. The maximum Gasteiger partial charge on any atom is 0.191 e. The number of rotatable bonds is 6. The van der Waals surface area contributed by atoms with Crippen LogP contribution in [0.4, 0.5) is 10.8 Å². The number of hydrogen-bond donors (Lipinski definition) is 0. The predicted molar refractivity (Wildman–Crippen MR) is 177 cm³/mol. The highest BCUT2D eigenvalue weighted by Gasteiger charge is 2.31. The summed E-state index contributed by atoms with van der Waals surface area (Å²) < 4.78 is 2.39. The number of hydrogen-bond acceptors (Lipinski definition) is 4. The summed E-state index contributed by atoms with van der Waals surface area (Å²) in [5.74, 6) is 0. The molecule has 0 radical (unpaired) electrons. The molecule has 1 aliphatic rings. The van der Waals surface area contributed by atoms with Gasteiger partial charge in [0.15, 0.2) is 5.13 Å². The first kappa shape index (κ1) is 25.6. The van der Waals surface area contributed by atoms with E-state index in [0.717, 1.165) is 21.9 Å². The molecular formula is C34H28IN3S. The second kappa shape index (κ2) is 11.2. The molecule has 1 atom stereocenters. The van der Waals surface area contributed by atoms with Gasteiger partial charge in [-0.1, -0.05) is 102 Å². The summed E-state index contributed by atoms with van der Waals surface area (Å²) in [4.78, 5) is 9.64. The van der Waals surface area contributed by atoms with Gasteiger partial charge < -0.3 is 9.80 Å². The molecule has 1 aliphatic heterocycles. The van der Waals surface area contributed by atoms with Gasteiger partial charge in [0.25, 0.3) is 0 Å². The van der Waals surface area contributed by atoms with E-state index < -0.39 is 0 Å². The molecule has 1 aromatic heterocycles. The van der Waals surface area contributed by atoms with Crippen LogP contribution in [0.1, 0.15) is 22.7 Å². The molecule has 0 bridgehead atoms. The maximum atomic E-state index is 5.12. The van der Waals surface area contributed by atoms with Gasteiger partial charge in [-0.3, -0.25) is 0 Å². The van der Waals surface area contributed by atoms with E-state index >= 15 is 0 Å². The van der Waals surface area contributed by atoms with Crippen molar-refractivity contribution in [2.75, 3.05) is 23.9 Å². The number of para-hydroxylation sites is 1. The monoisotopic (exact) mass is 637 g/mol. The first-order valence-corrected chi connectivity index (χ1v) is 14.8. The fourth-order valence-corrected chi connectivity index (χ4v) is 6.78. The lowest BCUT2D eigenvalue weighted by molar-refractivity contribution is 0.810. The van der Waals surface area contributed by atoms with Crippen molar-refractivity contribution in [1.29, 1.82) is 0 Å². The second-order valence-corrected chi connectivity index (χ2v) is 11.7. The third-order valence-electron chi connectivity index (χ3n) is 6.88. The molecule has 0 fully saturated rings. The van der Waals surface area contributed by atoms with Crippen molar-refractivity contribution in [3.05, 3.63) is 147 Å². The van der Waals surface area contributed by atoms with Crippen molar-refractivity contribution >= 4 is 66.6 Å². The van der Waals surface area contributed by atoms with Crippen LogP contribution in [-0.4, -0.2) is 19.1 Å². The van der Waals surface area contributed by atoms with Gasteiger partial charge in [-0.25, -0.2) is 4.98 Å². The van der Waals surface area contributed by atoms with Crippen molar-refractivity contribution in [2.24, 2.45) is 0 Å². The molecule has 0 saturated heterocycles. The Morgan fingerprint density at radius 2 is 1.46 bits per heavy atom. The average Bonchev–Trinajstić information content (AvgIpc) is 3.41. The summed E-state index contributed by atoms with van der Waals surface area (Å²) in [7, 11) is 4.13. The fraction of sp³-hybridized carbons (Fsp3) is 0.0882. The minimum Gasteiger partial charge on any atom is -0.378 e. The van der Waals surface area contributed by atoms with Crippen molar-refractivity contribution in [3.8, 4) is 0 Å². The van der Waals surface area contributed by atoms with Crippen LogP contribution in [-0.2, 0) is 0 Å². The highest BCUT2D eigenvalue weighted by molar-refractivity contribution is 14.1. The molecule has 0 spiro atoms. The first-order valence-electron chi connectivity index (χ1n) is 12.9. The molecule has 0 saturated carbocycles. The van der Waals surface area contributed by atoms with Crippen LogP contribution in [0, 0.1) is 0 Å². The zero-order valence-corrected chi connectivity index (χ0v) is 24.8. The van der Waals surface area contributed by atoms with Gasteiger partial charge in [-0.2, -0.15) is 0 Å². The molecule has 5 heteroatoms. The standard InChI is InChI=1S/C34H28IN3S/c1-37(2)27-20-17-24(18-21-27)19-22-30-33(35)28(25-11-5-3-6-12-25)23-31(26-13-7-4-8-14-26)38(30)34-36-29-15-9-10-16-32(29)39-34/h3-23,31H,1-2H3. The summed E-state index contributed by atoms with van der Waals surface area (Å²) in [5.41, 5.74) is 8.21. The lowest BCUT2D eigenvalue weighted by Gasteiger charge is -2.36. The van der Waals surface area contributed by atoms with Crippen LogP contribution < -0.4 is 9.80 Å². The minimum absolute atomic E-state index is 0.00347. The van der Waals surface area contributed by atoms with Crippen LogP contribution in [0.15, 0.2) is 131 Å². The Morgan fingerprint density at radius 1 is 0.795 bits per heavy atom. The molecule has 192 valence electrons. The number of nitrogens with zero attached hydrogens (tertiary/aromatic N) is 3. The van der Waals surface area contributed by atoms with E-state index in [9.17, 15) is 0 Å². The summed E-state index contributed by atoms with van der Waals surface area (Å²) in [6.07, 6.45) is 6.86. The van der Waals surface area contributed by atoms with Gasteiger partial charge in [-0.05, 0) is 81.3 Å². The zero-order chi connectivity index (χ0) is 26.8. The van der Waals surface area contributed by atoms with Crippen LogP contribution in [0.25, 0.3) is 21.9 Å². The molecule has 3 nitrogen and oxygen atoms in total. The molecule has 0 N–H and O–H groups in total. The summed E-state index contributed by atoms with van der Waals surface area (Å²) in [5, 5.41) is 0.991. The minimum atomic E-state index is -0.00347. The van der Waals surface area contributed by atoms with Crippen molar-refractivity contribution in [2.45, 2.75) is 6.04 Å². The lowest BCUT2D eigenvalue weighted by atomic mass is 9.93. The van der Waals surface area contributed by atoms with Crippen LogP contribution in [0.5, 0.6) is 0 Å². The van der Waals surface area contributed by atoms with Crippen molar-refractivity contribution in [3.63, 3.8) is 0 Å². The fourth-order valence-electron chi connectivity index (χ4n) is 4.83. The lowest BCUT2D eigenvalue weighted by Crippen LogP contribution is -2.29. The highest BCUT2D eigenvalue weighted by Crippen LogP contribution is 2.47. The third-order valence-corrected chi connectivity index (χ3v) is 9.05. The number of thiazole rings is 1. The van der Waals surface area contributed by atoms with E-state index in [1.165, 1.54) is 30.7 Å². The molecule has 2 heterocycles. The van der Waals surface area contributed by atoms with Crippen molar-refractivity contribution in [1.82, 2.24) is 4.98 Å². The molecule has 4 aromatic carbocycles. The Morgan fingerprint density at radius 3 is 2.15 bits per heavy atom. The van der Waals surface area contributed by atoms with E-state index in [0.29, 0.717) is 0 Å². The molecule has 1 unspecified atom stereocenters. The van der Waals surface area contributed by atoms with Crippen LogP contribution in [0.2, 0.25) is 0 Å². The SMILES string of the molecule is CN(C)c1ccc(C=CC2=C(I)C(c3ccccc3)=CC(c3ccccc3)N2c2nc3ccccc3s2)cc1. The van der Waals surface area contributed by atoms with Gasteiger partial charge in [0.1, 0.15) is 0 Å². The number of halogens is 1. The number of aromatic nitrogens is 1. The Bertz CT molecular complexity index is 1650. The Hall–Kier alpha value is -3.68. The normalized spacial score (nSPS) is 15.7. The van der Waals surface area contributed by atoms with Gasteiger partial charge in [-0.15, -0.1) is 0 Å². The van der Waals surface area contributed by atoms with Gasteiger partial charge in [0.05, 0.1) is 22.0 Å². The van der Waals surface area contributed by atoms with E-state index in [4.69, 9.17) is 4.98 Å². The smallest absolute Gasteiger partial charge is 0.191 e. The van der Waals surface area contributed by atoms with E-state index in [-0.39, 0.29) is 6.04 Å². The molecule has 6 rings (SSSR count). The second-order valence-electron chi connectivity index (χ2n) is 9.65. The Labute approximate surface area is 247 Å². The highest BCUT2D eigenvalue weighted by atomic mass is 127. The van der Waals surface area contributed by atoms with Crippen molar-refractivity contribution < 1.29 is 0 Å². The number of fused-ring (bicyclic) bond motifs is 1. The van der Waals surface area contributed by atoms with Gasteiger partial charge >= 0.3 is 0 Å². The molecule has 39 heavy (non-hydrogen) atoms. The number of anilines is 2. The van der Waals surface area contributed by atoms with Gasteiger partial charge in [0.2, 0.25) is 0 Å². The maximum absolute atomic E-state index is 5.12. The molecular weight excluding hydrogens is 609 g/mol. The summed E-state index contributed by atoms with van der Waals surface area (Å²) in [6, 6.07) is 38.5. The molecule has 0 amide bonds. The molecule has 0 aliphatic carbocycles. The topological polar surface area (TPSA) is 19.4 Å². The quantitative estimate of drug-likeness (QED) is 0.173. The average molecular weight is 638 g/mol. The van der Waals surface area contributed by atoms with E-state index in [1.54, 1.807) is 11.3 Å². The number of benzene rings is 4. The zero-order valence-electron chi connectivity index (χ0n) is 21.8. The Kier molecular flexibility index (Phi) is 7.35. The third kappa shape index (κ3) is 5.29. The van der Waals surface area contributed by atoms with Gasteiger partial charge in [0, 0.05) is 23.4 Å². The largest absolute Gasteiger partial charge is 0.378 e.